The van der Waals surface area contributed by atoms with Crippen molar-refractivity contribution >= 4 is 11.1 Å². The van der Waals surface area contributed by atoms with Crippen molar-refractivity contribution in [2.45, 2.75) is 46.1 Å². The average Bonchev–Trinajstić information content (AvgIpc) is 3.20. The number of ether oxygens (including phenoxy) is 1. The molecule has 4 aromatic rings. The zero-order chi connectivity index (χ0) is 20.8. The van der Waals surface area contributed by atoms with Crippen molar-refractivity contribution in [1.82, 2.24) is 15.0 Å². The summed E-state index contributed by atoms with van der Waals surface area (Å²) >= 11 is 0. The average molecular weight is 402 g/mol. The van der Waals surface area contributed by atoms with Crippen LogP contribution < -0.4 is 4.74 Å². The minimum absolute atomic E-state index is 0.472. The quantitative estimate of drug-likeness (QED) is 0.311. The van der Waals surface area contributed by atoms with Gasteiger partial charge in [-0.15, -0.1) is 0 Å². The third-order valence-electron chi connectivity index (χ3n) is 5.02. The Labute approximate surface area is 177 Å². The second-order valence-corrected chi connectivity index (χ2v) is 7.98. The predicted molar refractivity (Wildman–Crippen MR) is 118 cm³/mol. The van der Waals surface area contributed by atoms with Gasteiger partial charge in [0.1, 0.15) is 17.9 Å². The van der Waals surface area contributed by atoms with Crippen molar-refractivity contribution in [2.75, 3.05) is 0 Å². The molecule has 3 aromatic heterocycles. The monoisotopic (exact) mass is 401 g/mol. The number of oxazole rings is 1. The molecular weight excluding hydrogens is 374 g/mol. The van der Waals surface area contributed by atoms with Gasteiger partial charge in [0.2, 0.25) is 5.89 Å². The summed E-state index contributed by atoms with van der Waals surface area (Å²) in [6.07, 6.45) is 10.2. The van der Waals surface area contributed by atoms with E-state index in [1.807, 2.05) is 36.5 Å². The van der Waals surface area contributed by atoms with E-state index >= 15 is 0 Å². The molecule has 5 heteroatoms. The van der Waals surface area contributed by atoms with E-state index in [9.17, 15) is 0 Å². The molecule has 154 valence electrons. The van der Waals surface area contributed by atoms with Crippen molar-refractivity contribution in [2.24, 2.45) is 5.92 Å². The number of aromatic nitrogens is 3. The summed E-state index contributed by atoms with van der Waals surface area (Å²) in [4.78, 5) is 13.3. The Morgan fingerprint density at radius 2 is 1.97 bits per heavy atom. The van der Waals surface area contributed by atoms with Crippen molar-refractivity contribution in [1.29, 1.82) is 0 Å². The molecule has 4 rings (SSSR count). The van der Waals surface area contributed by atoms with Gasteiger partial charge in [-0.1, -0.05) is 32.8 Å². The van der Waals surface area contributed by atoms with Crippen LogP contribution in [0.3, 0.4) is 0 Å². The number of pyridine rings is 2. The van der Waals surface area contributed by atoms with E-state index in [0.29, 0.717) is 12.5 Å². The van der Waals surface area contributed by atoms with E-state index in [4.69, 9.17) is 9.15 Å². The van der Waals surface area contributed by atoms with Gasteiger partial charge in [0, 0.05) is 35.9 Å². The maximum atomic E-state index is 5.95. The zero-order valence-corrected chi connectivity index (χ0v) is 17.5. The molecule has 0 aliphatic heterocycles. The second kappa shape index (κ2) is 9.53. The van der Waals surface area contributed by atoms with Crippen LogP contribution in [0.1, 0.15) is 44.4 Å². The molecule has 0 unspecified atom stereocenters. The molecule has 0 bridgehead atoms. The van der Waals surface area contributed by atoms with Crippen LogP contribution in [0.5, 0.6) is 5.75 Å². The van der Waals surface area contributed by atoms with Crippen LogP contribution in [0, 0.1) is 5.92 Å². The van der Waals surface area contributed by atoms with Crippen LogP contribution in [-0.4, -0.2) is 15.0 Å². The standard InChI is InChI=1S/C25H27N3O2/c1-18(2)6-3-4-8-21-10-9-19(15-27-21)17-29-22-11-12-24-23(14-22)28-25(30-24)20-7-5-13-26-16-20/h5,7,9-16,18H,3-4,6,8,17H2,1-2H3. The van der Waals surface area contributed by atoms with E-state index in [1.54, 1.807) is 12.4 Å². The fourth-order valence-corrected chi connectivity index (χ4v) is 3.32. The van der Waals surface area contributed by atoms with Crippen LogP contribution in [0.15, 0.2) is 65.5 Å². The Hall–Kier alpha value is -3.21. The minimum atomic E-state index is 0.472. The van der Waals surface area contributed by atoms with Crippen LogP contribution in [-0.2, 0) is 13.0 Å². The molecule has 0 aliphatic rings. The Morgan fingerprint density at radius 3 is 2.73 bits per heavy atom. The Bertz CT molecular complexity index is 1070. The molecule has 0 N–H and O–H groups in total. The molecule has 0 saturated heterocycles. The van der Waals surface area contributed by atoms with Gasteiger partial charge >= 0.3 is 0 Å². The van der Waals surface area contributed by atoms with E-state index in [1.165, 1.54) is 19.3 Å². The van der Waals surface area contributed by atoms with E-state index in [-0.39, 0.29) is 0 Å². The normalized spacial score (nSPS) is 11.3. The van der Waals surface area contributed by atoms with Gasteiger partial charge in [-0.3, -0.25) is 9.97 Å². The Balaban J connectivity index is 1.34. The third-order valence-corrected chi connectivity index (χ3v) is 5.02. The summed E-state index contributed by atoms with van der Waals surface area (Å²) in [5.41, 5.74) is 4.55. The van der Waals surface area contributed by atoms with Crippen molar-refractivity contribution < 1.29 is 9.15 Å². The molecule has 1 aromatic carbocycles. The molecule has 0 radical (unpaired) electrons. The SMILES string of the molecule is CC(C)CCCCc1ccc(COc2ccc3oc(-c4cccnc4)nc3c2)cn1. The first-order valence-corrected chi connectivity index (χ1v) is 10.5. The second-order valence-electron chi connectivity index (χ2n) is 7.98. The molecule has 0 amide bonds. The van der Waals surface area contributed by atoms with Crippen LogP contribution in [0.25, 0.3) is 22.6 Å². The highest BCUT2D eigenvalue weighted by atomic mass is 16.5. The number of aryl methyl sites for hydroxylation is 1. The molecule has 5 nitrogen and oxygen atoms in total. The van der Waals surface area contributed by atoms with Gasteiger partial charge in [0.05, 0.1) is 5.56 Å². The Morgan fingerprint density at radius 1 is 1.03 bits per heavy atom. The smallest absolute Gasteiger partial charge is 0.228 e. The van der Waals surface area contributed by atoms with Crippen molar-refractivity contribution in [3.8, 4) is 17.2 Å². The highest BCUT2D eigenvalue weighted by Gasteiger charge is 2.09. The summed E-state index contributed by atoms with van der Waals surface area (Å²) in [7, 11) is 0. The lowest BCUT2D eigenvalue weighted by molar-refractivity contribution is 0.306. The van der Waals surface area contributed by atoms with E-state index in [2.05, 4.69) is 40.9 Å². The molecule has 0 spiro atoms. The maximum Gasteiger partial charge on any atom is 0.228 e. The number of nitrogens with zero attached hydrogens (tertiary/aromatic N) is 3. The molecule has 0 atom stereocenters. The summed E-state index contributed by atoms with van der Waals surface area (Å²) < 4.78 is 11.8. The first kappa shape index (κ1) is 20.1. The molecule has 0 saturated carbocycles. The lowest BCUT2D eigenvalue weighted by atomic mass is 10.0. The number of unbranched alkanes of at least 4 members (excludes halogenated alkanes) is 1. The van der Waals surface area contributed by atoms with E-state index < -0.39 is 0 Å². The first-order valence-electron chi connectivity index (χ1n) is 10.5. The largest absolute Gasteiger partial charge is 0.489 e. The highest BCUT2D eigenvalue weighted by molar-refractivity contribution is 5.77. The topological polar surface area (TPSA) is 61.0 Å². The van der Waals surface area contributed by atoms with Crippen molar-refractivity contribution in [3.05, 3.63) is 72.3 Å². The van der Waals surface area contributed by atoms with Gasteiger partial charge < -0.3 is 9.15 Å². The van der Waals surface area contributed by atoms with Crippen LogP contribution in [0.2, 0.25) is 0 Å². The number of benzene rings is 1. The fourth-order valence-electron chi connectivity index (χ4n) is 3.32. The van der Waals surface area contributed by atoms with Crippen LogP contribution >= 0.6 is 0 Å². The minimum Gasteiger partial charge on any atom is -0.489 e. The van der Waals surface area contributed by atoms with E-state index in [0.717, 1.165) is 46.0 Å². The number of hydrogen-bond acceptors (Lipinski definition) is 5. The summed E-state index contributed by atoms with van der Waals surface area (Å²) in [5, 5.41) is 0. The van der Waals surface area contributed by atoms with Gasteiger partial charge in [0.25, 0.3) is 0 Å². The number of rotatable bonds is 9. The summed E-state index contributed by atoms with van der Waals surface area (Å²) in [6.45, 7) is 5.01. The lowest BCUT2D eigenvalue weighted by Gasteiger charge is -2.07. The van der Waals surface area contributed by atoms with Gasteiger partial charge in [-0.05, 0) is 49.1 Å². The van der Waals surface area contributed by atoms with Gasteiger partial charge in [-0.2, -0.15) is 0 Å². The first-order chi connectivity index (χ1) is 14.7. The zero-order valence-electron chi connectivity index (χ0n) is 17.5. The maximum absolute atomic E-state index is 5.95. The molecule has 30 heavy (non-hydrogen) atoms. The Kier molecular flexibility index (Phi) is 6.38. The molecule has 0 fully saturated rings. The van der Waals surface area contributed by atoms with Gasteiger partial charge in [-0.25, -0.2) is 4.98 Å². The summed E-state index contributed by atoms with van der Waals surface area (Å²) in [6, 6.07) is 13.7. The number of fused-ring (bicyclic) bond motifs is 1. The molecular formula is C25H27N3O2. The summed E-state index contributed by atoms with van der Waals surface area (Å²) in [5.74, 6) is 2.09. The van der Waals surface area contributed by atoms with Crippen LogP contribution in [0.4, 0.5) is 0 Å². The predicted octanol–water partition coefficient (Wildman–Crippen LogP) is 6.23. The van der Waals surface area contributed by atoms with Gasteiger partial charge in [0.15, 0.2) is 5.58 Å². The lowest BCUT2D eigenvalue weighted by Crippen LogP contribution is -1.98. The van der Waals surface area contributed by atoms with Crippen molar-refractivity contribution in [3.63, 3.8) is 0 Å². The third kappa shape index (κ3) is 5.23. The molecule has 3 heterocycles. The molecule has 0 aliphatic carbocycles. The fraction of sp³-hybridized carbons (Fsp3) is 0.320. The number of hydrogen-bond donors (Lipinski definition) is 0. The highest BCUT2D eigenvalue weighted by Crippen LogP contribution is 2.26.